The number of ether oxygens (including phenoxy) is 1. The second kappa shape index (κ2) is 7.14. The van der Waals surface area contributed by atoms with Gasteiger partial charge in [0.15, 0.2) is 0 Å². The van der Waals surface area contributed by atoms with Crippen LogP contribution in [0.15, 0.2) is 73.3 Å². The van der Waals surface area contributed by atoms with Gasteiger partial charge in [-0.3, -0.25) is 0 Å². The number of carbonyl (C=O) groups is 1. The van der Waals surface area contributed by atoms with Gasteiger partial charge < -0.3 is 10.1 Å². The maximum absolute atomic E-state index is 11.8. The van der Waals surface area contributed by atoms with Gasteiger partial charge in [-0.05, 0) is 11.1 Å². The number of benzene rings is 2. The van der Waals surface area contributed by atoms with E-state index in [9.17, 15) is 4.79 Å². The molecule has 1 amide bonds. The van der Waals surface area contributed by atoms with E-state index in [1.54, 1.807) is 6.08 Å². The average molecular weight is 267 g/mol. The summed E-state index contributed by atoms with van der Waals surface area (Å²) < 4.78 is 5.00. The van der Waals surface area contributed by atoms with E-state index in [2.05, 4.69) is 11.9 Å². The number of carbonyl (C=O) groups excluding carboxylic acids is 1. The quantitative estimate of drug-likeness (QED) is 0.839. The molecule has 0 aliphatic heterocycles. The molecule has 0 saturated carbocycles. The molecule has 2 rings (SSSR count). The van der Waals surface area contributed by atoms with E-state index in [0.29, 0.717) is 0 Å². The van der Waals surface area contributed by atoms with Gasteiger partial charge in [0, 0.05) is 0 Å². The Morgan fingerprint density at radius 1 is 1.05 bits per heavy atom. The molecule has 0 unspecified atom stereocenters. The lowest BCUT2D eigenvalue weighted by atomic mass is 9.99. The molecule has 0 spiro atoms. The summed E-state index contributed by atoms with van der Waals surface area (Å²) in [6.07, 6.45) is 1.09. The third-order valence-electron chi connectivity index (χ3n) is 2.86. The van der Waals surface area contributed by atoms with E-state index in [1.165, 1.54) is 0 Å². The smallest absolute Gasteiger partial charge is 0.408 e. The fourth-order valence-corrected chi connectivity index (χ4v) is 1.94. The van der Waals surface area contributed by atoms with Crippen molar-refractivity contribution in [3.8, 4) is 0 Å². The second-order valence-corrected chi connectivity index (χ2v) is 4.29. The minimum absolute atomic E-state index is 0.197. The van der Waals surface area contributed by atoms with Crippen LogP contribution in [0.2, 0.25) is 0 Å². The lowest BCUT2D eigenvalue weighted by Gasteiger charge is -2.19. The molecule has 3 nitrogen and oxygen atoms in total. The molecule has 0 radical (unpaired) electrons. The molecule has 20 heavy (non-hydrogen) atoms. The highest BCUT2D eigenvalue weighted by atomic mass is 16.5. The summed E-state index contributed by atoms with van der Waals surface area (Å²) in [6.45, 7) is 3.72. The van der Waals surface area contributed by atoms with Crippen molar-refractivity contribution in [1.82, 2.24) is 5.32 Å². The summed E-state index contributed by atoms with van der Waals surface area (Å²) in [6, 6.07) is 19.4. The monoisotopic (exact) mass is 267 g/mol. The number of amides is 1. The molecule has 2 aromatic rings. The highest BCUT2D eigenvalue weighted by molar-refractivity contribution is 5.68. The Morgan fingerprint density at radius 2 is 1.55 bits per heavy atom. The van der Waals surface area contributed by atoms with Crippen LogP contribution in [0.5, 0.6) is 0 Å². The Morgan fingerprint density at radius 3 is 2.00 bits per heavy atom. The van der Waals surface area contributed by atoms with Crippen molar-refractivity contribution in [3.05, 3.63) is 84.4 Å². The highest BCUT2D eigenvalue weighted by Gasteiger charge is 2.16. The summed E-state index contributed by atoms with van der Waals surface area (Å²) in [7, 11) is 0. The van der Waals surface area contributed by atoms with Crippen LogP contribution >= 0.6 is 0 Å². The zero-order valence-corrected chi connectivity index (χ0v) is 11.2. The molecule has 0 aliphatic rings. The Kier molecular flexibility index (Phi) is 4.95. The maximum Gasteiger partial charge on any atom is 0.408 e. The molecule has 0 saturated heterocycles. The summed E-state index contributed by atoms with van der Waals surface area (Å²) in [5.74, 6) is 0. The lowest BCUT2D eigenvalue weighted by Crippen LogP contribution is -2.29. The van der Waals surface area contributed by atoms with Crippen LogP contribution in [0.4, 0.5) is 4.79 Å². The minimum Gasteiger partial charge on any atom is -0.445 e. The molecule has 0 heterocycles. The van der Waals surface area contributed by atoms with Crippen molar-refractivity contribution in [2.75, 3.05) is 6.61 Å². The van der Waals surface area contributed by atoms with E-state index in [1.807, 2.05) is 60.7 Å². The standard InChI is InChI=1S/C17H17NO2/c1-2-13-20-17(19)18-16(14-9-5-3-6-10-14)15-11-7-4-8-12-15/h2-12,16H,1,13H2,(H,18,19). The molecular formula is C17H17NO2. The van der Waals surface area contributed by atoms with Gasteiger partial charge >= 0.3 is 6.09 Å². The number of hydrogen-bond donors (Lipinski definition) is 1. The molecule has 3 heteroatoms. The first-order valence-electron chi connectivity index (χ1n) is 6.45. The number of hydrogen-bond acceptors (Lipinski definition) is 2. The van der Waals surface area contributed by atoms with Crippen LogP contribution in [0.3, 0.4) is 0 Å². The van der Waals surface area contributed by atoms with Crippen LogP contribution < -0.4 is 5.32 Å². The molecule has 102 valence electrons. The Hall–Kier alpha value is -2.55. The van der Waals surface area contributed by atoms with Gasteiger partial charge in [-0.2, -0.15) is 0 Å². The predicted octanol–water partition coefficient (Wildman–Crippen LogP) is 3.69. The minimum atomic E-state index is -0.456. The van der Waals surface area contributed by atoms with Crippen molar-refractivity contribution in [1.29, 1.82) is 0 Å². The number of nitrogens with one attached hydrogen (secondary N) is 1. The molecule has 0 aromatic heterocycles. The van der Waals surface area contributed by atoms with E-state index in [-0.39, 0.29) is 12.6 Å². The van der Waals surface area contributed by atoms with Crippen LogP contribution in [0.25, 0.3) is 0 Å². The van der Waals surface area contributed by atoms with Crippen molar-refractivity contribution in [2.24, 2.45) is 0 Å². The molecule has 0 atom stereocenters. The molecule has 2 aromatic carbocycles. The zero-order valence-electron chi connectivity index (χ0n) is 11.2. The van der Waals surface area contributed by atoms with Gasteiger partial charge in [0.1, 0.15) is 6.61 Å². The molecule has 0 bridgehead atoms. The average Bonchev–Trinajstić information content (AvgIpc) is 2.52. The summed E-state index contributed by atoms with van der Waals surface area (Å²) in [5.41, 5.74) is 2.02. The third kappa shape index (κ3) is 3.72. The first-order chi connectivity index (χ1) is 9.81. The third-order valence-corrected chi connectivity index (χ3v) is 2.86. The van der Waals surface area contributed by atoms with Gasteiger partial charge in [-0.15, -0.1) is 0 Å². The normalized spacial score (nSPS) is 10.1. The van der Waals surface area contributed by atoms with Crippen LogP contribution in [0, 0.1) is 0 Å². The van der Waals surface area contributed by atoms with E-state index >= 15 is 0 Å². The summed E-state index contributed by atoms with van der Waals surface area (Å²) >= 11 is 0. The number of rotatable bonds is 5. The highest BCUT2D eigenvalue weighted by Crippen LogP contribution is 2.21. The molecule has 0 fully saturated rings. The van der Waals surface area contributed by atoms with Crippen molar-refractivity contribution < 1.29 is 9.53 Å². The predicted molar refractivity (Wildman–Crippen MR) is 79.4 cm³/mol. The van der Waals surface area contributed by atoms with Gasteiger partial charge in [-0.1, -0.05) is 73.3 Å². The Labute approximate surface area is 118 Å². The first kappa shape index (κ1) is 13.9. The van der Waals surface area contributed by atoms with Crippen LogP contribution in [-0.2, 0) is 4.74 Å². The van der Waals surface area contributed by atoms with Gasteiger partial charge in [-0.25, -0.2) is 4.79 Å². The van der Waals surface area contributed by atoms with Gasteiger partial charge in [0.2, 0.25) is 0 Å². The Balaban J connectivity index is 2.21. The van der Waals surface area contributed by atoms with Crippen LogP contribution in [0.1, 0.15) is 17.2 Å². The lowest BCUT2D eigenvalue weighted by molar-refractivity contribution is 0.155. The molecule has 1 N–H and O–H groups in total. The summed E-state index contributed by atoms with van der Waals surface area (Å²) in [4.78, 5) is 11.8. The van der Waals surface area contributed by atoms with E-state index in [4.69, 9.17) is 4.74 Å². The molecular weight excluding hydrogens is 250 g/mol. The topological polar surface area (TPSA) is 38.3 Å². The van der Waals surface area contributed by atoms with E-state index in [0.717, 1.165) is 11.1 Å². The van der Waals surface area contributed by atoms with Crippen molar-refractivity contribution in [3.63, 3.8) is 0 Å². The Bertz CT molecular complexity index is 512. The van der Waals surface area contributed by atoms with Crippen LogP contribution in [-0.4, -0.2) is 12.7 Å². The largest absolute Gasteiger partial charge is 0.445 e. The fourth-order valence-electron chi connectivity index (χ4n) is 1.94. The number of alkyl carbamates (subject to hydrolysis) is 1. The van der Waals surface area contributed by atoms with Gasteiger partial charge in [0.25, 0.3) is 0 Å². The molecule has 0 aliphatic carbocycles. The van der Waals surface area contributed by atoms with Crippen molar-refractivity contribution >= 4 is 6.09 Å². The van der Waals surface area contributed by atoms with Gasteiger partial charge in [0.05, 0.1) is 6.04 Å². The second-order valence-electron chi connectivity index (χ2n) is 4.29. The SMILES string of the molecule is C=CCOC(=O)NC(c1ccccc1)c1ccccc1. The fraction of sp³-hybridized carbons (Fsp3) is 0.118. The van der Waals surface area contributed by atoms with E-state index < -0.39 is 6.09 Å². The first-order valence-corrected chi connectivity index (χ1v) is 6.45. The van der Waals surface area contributed by atoms with Crippen molar-refractivity contribution in [2.45, 2.75) is 6.04 Å². The zero-order chi connectivity index (χ0) is 14.2. The summed E-state index contributed by atoms with van der Waals surface area (Å²) in [5, 5.41) is 2.88. The maximum atomic E-state index is 11.8.